The first-order chi connectivity index (χ1) is 33.2. The van der Waals surface area contributed by atoms with Crippen molar-refractivity contribution in [1.82, 2.24) is 19.5 Å². The molecule has 0 unspecified atom stereocenters. The van der Waals surface area contributed by atoms with Crippen molar-refractivity contribution < 1.29 is 0 Å². The molecule has 67 heavy (non-hydrogen) atoms. The smallest absolute Gasteiger partial charge is 0.164 e. The van der Waals surface area contributed by atoms with E-state index < -0.39 is 0 Å². The van der Waals surface area contributed by atoms with E-state index in [9.17, 15) is 0 Å². The summed E-state index contributed by atoms with van der Waals surface area (Å²) in [4.78, 5) is 15.7. The number of para-hydroxylation sites is 1. The number of hydrogen-bond acceptors (Lipinski definition) is 3. The first kappa shape index (κ1) is 39.8. The minimum atomic E-state index is 0.625. The SMILES string of the molecule is C1=c2c(c3cc(-c4ccccc4)ccc3n2-c2ccccc2)=C(c2cccc(-c3nc(-c4ccccc4)nc(-c4cccc(-c5cc(-c6ccccc6)cc(-c6ccccc6)c5)c4)n3)c2)CC1. The Morgan fingerprint density at radius 1 is 0.313 bits per heavy atom. The van der Waals surface area contributed by atoms with Gasteiger partial charge in [0.15, 0.2) is 17.5 Å². The lowest BCUT2D eigenvalue weighted by molar-refractivity contribution is 1.01. The van der Waals surface area contributed by atoms with E-state index in [1.807, 2.05) is 18.2 Å². The fraction of sp³-hybridized carbons (Fsp3) is 0.0317. The van der Waals surface area contributed by atoms with Crippen molar-refractivity contribution in [2.45, 2.75) is 12.8 Å². The van der Waals surface area contributed by atoms with Crippen LogP contribution >= 0.6 is 0 Å². The molecule has 1 aliphatic rings. The molecule has 4 heteroatoms. The van der Waals surface area contributed by atoms with Gasteiger partial charge in [0.25, 0.3) is 0 Å². The predicted molar refractivity (Wildman–Crippen MR) is 277 cm³/mol. The lowest BCUT2D eigenvalue weighted by atomic mass is 9.92. The Labute approximate surface area is 390 Å². The number of rotatable bonds is 9. The van der Waals surface area contributed by atoms with Gasteiger partial charge in [-0.2, -0.15) is 0 Å². The zero-order valence-electron chi connectivity index (χ0n) is 36.8. The van der Waals surface area contributed by atoms with E-state index in [2.05, 4.69) is 229 Å². The summed E-state index contributed by atoms with van der Waals surface area (Å²) in [5, 5.41) is 3.76. The van der Waals surface area contributed by atoms with Crippen LogP contribution in [-0.4, -0.2) is 19.5 Å². The normalized spacial score (nSPS) is 12.1. The average molecular weight is 857 g/mol. The molecule has 316 valence electrons. The third kappa shape index (κ3) is 7.75. The maximum atomic E-state index is 5.29. The summed E-state index contributed by atoms with van der Waals surface area (Å²) in [5.74, 6) is 1.89. The molecule has 0 saturated carbocycles. The maximum absolute atomic E-state index is 5.29. The van der Waals surface area contributed by atoms with E-state index in [0.29, 0.717) is 17.5 Å². The van der Waals surface area contributed by atoms with Crippen LogP contribution in [0.1, 0.15) is 18.4 Å². The first-order valence-corrected chi connectivity index (χ1v) is 23.0. The molecule has 0 fully saturated rings. The van der Waals surface area contributed by atoms with Crippen LogP contribution < -0.4 is 10.6 Å². The topological polar surface area (TPSA) is 43.6 Å². The molecule has 0 bridgehead atoms. The summed E-state index contributed by atoms with van der Waals surface area (Å²) in [6, 6.07) is 84.0. The van der Waals surface area contributed by atoms with Crippen molar-refractivity contribution in [2.24, 2.45) is 0 Å². The van der Waals surface area contributed by atoms with Crippen LogP contribution in [0.2, 0.25) is 0 Å². The van der Waals surface area contributed by atoms with Crippen LogP contribution in [0.15, 0.2) is 237 Å². The van der Waals surface area contributed by atoms with Gasteiger partial charge in [-0.1, -0.05) is 188 Å². The van der Waals surface area contributed by atoms with Crippen LogP contribution in [0.4, 0.5) is 0 Å². The van der Waals surface area contributed by atoms with Crippen molar-refractivity contribution in [3.63, 3.8) is 0 Å². The van der Waals surface area contributed by atoms with E-state index in [1.165, 1.54) is 54.9 Å². The molecule has 0 radical (unpaired) electrons. The highest BCUT2D eigenvalue weighted by Gasteiger charge is 2.20. The molecule has 2 aromatic heterocycles. The van der Waals surface area contributed by atoms with Gasteiger partial charge in [-0.25, -0.2) is 15.0 Å². The van der Waals surface area contributed by atoms with E-state index in [-0.39, 0.29) is 0 Å². The second-order valence-electron chi connectivity index (χ2n) is 17.1. The largest absolute Gasteiger partial charge is 0.310 e. The van der Waals surface area contributed by atoms with Gasteiger partial charge in [-0.3, -0.25) is 0 Å². The third-order valence-electron chi connectivity index (χ3n) is 12.9. The van der Waals surface area contributed by atoms with Gasteiger partial charge in [-0.15, -0.1) is 0 Å². The predicted octanol–water partition coefficient (Wildman–Crippen LogP) is 14.3. The third-order valence-corrected chi connectivity index (χ3v) is 12.9. The summed E-state index contributed by atoms with van der Waals surface area (Å²) in [6.45, 7) is 0. The summed E-state index contributed by atoms with van der Waals surface area (Å²) >= 11 is 0. The lowest BCUT2D eigenvalue weighted by Gasteiger charge is -2.14. The Morgan fingerprint density at radius 2 is 0.716 bits per heavy atom. The monoisotopic (exact) mass is 856 g/mol. The highest BCUT2D eigenvalue weighted by molar-refractivity contribution is 5.92. The van der Waals surface area contributed by atoms with Crippen molar-refractivity contribution in [3.05, 3.63) is 253 Å². The molecule has 0 spiro atoms. The summed E-state index contributed by atoms with van der Waals surface area (Å²) in [5.41, 5.74) is 16.9. The van der Waals surface area contributed by atoms with Gasteiger partial charge < -0.3 is 4.57 Å². The molecule has 0 N–H and O–H groups in total. The quantitative estimate of drug-likeness (QED) is 0.145. The van der Waals surface area contributed by atoms with Gasteiger partial charge in [0.2, 0.25) is 0 Å². The maximum Gasteiger partial charge on any atom is 0.164 e. The van der Waals surface area contributed by atoms with E-state index in [0.717, 1.165) is 57.5 Å². The molecule has 0 aliphatic heterocycles. The van der Waals surface area contributed by atoms with Crippen LogP contribution in [0.25, 0.3) is 107 Å². The molecule has 4 nitrogen and oxygen atoms in total. The number of aromatic nitrogens is 4. The Bertz CT molecular complexity index is 3650. The van der Waals surface area contributed by atoms with Crippen LogP contribution in [0, 0.1) is 0 Å². The molecular weight excluding hydrogens is 813 g/mol. The minimum absolute atomic E-state index is 0.625. The summed E-state index contributed by atoms with van der Waals surface area (Å²) in [7, 11) is 0. The number of fused-ring (bicyclic) bond motifs is 3. The van der Waals surface area contributed by atoms with E-state index in [4.69, 9.17) is 15.0 Å². The molecule has 2 heterocycles. The van der Waals surface area contributed by atoms with Gasteiger partial charge in [0.1, 0.15) is 0 Å². The molecule has 11 aromatic rings. The first-order valence-electron chi connectivity index (χ1n) is 23.0. The van der Waals surface area contributed by atoms with Gasteiger partial charge in [-0.05, 0) is 123 Å². The fourth-order valence-corrected chi connectivity index (χ4v) is 9.68. The fourth-order valence-electron chi connectivity index (χ4n) is 9.68. The van der Waals surface area contributed by atoms with Crippen molar-refractivity contribution >= 4 is 22.6 Å². The summed E-state index contributed by atoms with van der Waals surface area (Å²) in [6.07, 6.45) is 4.27. The second kappa shape index (κ2) is 17.3. The Hall–Kier alpha value is -8.73. The van der Waals surface area contributed by atoms with Crippen LogP contribution in [-0.2, 0) is 0 Å². The molecule has 12 rings (SSSR count). The van der Waals surface area contributed by atoms with Crippen molar-refractivity contribution in [2.75, 3.05) is 0 Å². The van der Waals surface area contributed by atoms with Crippen molar-refractivity contribution in [1.29, 1.82) is 0 Å². The zero-order chi connectivity index (χ0) is 44.5. The Kier molecular flexibility index (Phi) is 10.3. The molecule has 0 atom stereocenters. The Morgan fingerprint density at radius 3 is 1.28 bits per heavy atom. The zero-order valence-corrected chi connectivity index (χ0v) is 36.8. The summed E-state index contributed by atoms with van der Waals surface area (Å²) < 4.78 is 2.43. The standard InChI is InChI=1S/C63H44N4/c1-6-19-43(20-7-1)48-35-36-58-57(42-48)60-56(33-18-34-59(60)67(58)55-31-14-5-15-32-55)49-28-17-30-51(38-49)63-65-61(46-25-12-4-13-26-46)64-62(66-63)50-29-16-27-47(37-50)54-40-52(44-21-8-2-9-22-44)39-53(41-54)45-23-10-3-11-24-45/h1-17,19-32,34-42H,18,33H2. The lowest BCUT2D eigenvalue weighted by Crippen LogP contribution is -2.32. The Balaban J connectivity index is 1.01. The van der Waals surface area contributed by atoms with E-state index >= 15 is 0 Å². The van der Waals surface area contributed by atoms with Crippen LogP contribution in [0.5, 0.6) is 0 Å². The van der Waals surface area contributed by atoms with Gasteiger partial charge in [0.05, 0.1) is 10.9 Å². The minimum Gasteiger partial charge on any atom is -0.310 e. The van der Waals surface area contributed by atoms with E-state index in [1.54, 1.807) is 0 Å². The second-order valence-corrected chi connectivity index (χ2v) is 17.1. The molecule has 0 amide bonds. The number of hydrogen-bond donors (Lipinski definition) is 0. The average Bonchev–Trinajstić information content (AvgIpc) is 3.76. The van der Waals surface area contributed by atoms with Gasteiger partial charge in [0, 0.05) is 33.0 Å². The molecule has 1 aliphatic carbocycles. The number of nitrogens with zero attached hydrogens (tertiary/aromatic N) is 4. The molecule has 0 saturated heterocycles. The van der Waals surface area contributed by atoms with Gasteiger partial charge >= 0.3 is 0 Å². The van der Waals surface area contributed by atoms with Crippen LogP contribution in [0.3, 0.4) is 0 Å². The van der Waals surface area contributed by atoms with Crippen molar-refractivity contribution in [3.8, 4) is 84.4 Å². The number of benzene rings is 9. The molecular formula is C63H44N4. The highest BCUT2D eigenvalue weighted by atomic mass is 15.0. The highest BCUT2D eigenvalue weighted by Crippen LogP contribution is 2.36. The molecule has 9 aromatic carbocycles.